The van der Waals surface area contributed by atoms with Gasteiger partial charge in [-0.3, -0.25) is 4.79 Å². The van der Waals surface area contributed by atoms with Crippen LogP contribution in [0, 0.1) is 12.7 Å². The Labute approximate surface area is 98.9 Å². The highest BCUT2D eigenvalue weighted by atomic mass is 19.1. The van der Waals surface area contributed by atoms with Crippen molar-refractivity contribution in [2.45, 2.75) is 6.92 Å². The first-order valence-corrected chi connectivity index (χ1v) is 5.24. The predicted octanol–water partition coefficient (Wildman–Crippen LogP) is 2.90. The summed E-state index contributed by atoms with van der Waals surface area (Å²) in [6.45, 7) is 1.99. The van der Waals surface area contributed by atoms with Gasteiger partial charge in [-0.1, -0.05) is 35.9 Å². The van der Waals surface area contributed by atoms with E-state index in [4.69, 9.17) is 5.73 Å². The Bertz CT molecular complexity index is 561. The van der Waals surface area contributed by atoms with Gasteiger partial charge >= 0.3 is 0 Å². The molecule has 0 radical (unpaired) electrons. The Morgan fingerprint density at radius 3 is 2.18 bits per heavy atom. The van der Waals surface area contributed by atoms with Crippen molar-refractivity contribution in [2.75, 3.05) is 0 Å². The maximum Gasteiger partial charge on any atom is 0.251 e. The molecular formula is C14H12FNO. The van der Waals surface area contributed by atoms with Gasteiger partial charge in [-0.05, 0) is 30.2 Å². The van der Waals surface area contributed by atoms with E-state index in [1.54, 1.807) is 6.07 Å². The van der Waals surface area contributed by atoms with Crippen molar-refractivity contribution in [3.63, 3.8) is 0 Å². The maximum absolute atomic E-state index is 13.6. The molecule has 2 aromatic rings. The number of hydrogen-bond donors (Lipinski definition) is 1. The molecule has 3 heteroatoms. The number of primary amides is 1. The van der Waals surface area contributed by atoms with E-state index in [1.807, 2.05) is 31.2 Å². The van der Waals surface area contributed by atoms with Gasteiger partial charge in [0, 0.05) is 0 Å². The molecule has 0 saturated heterocycles. The van der Waals surface area contributed by atoms with Crippen LogP contribution in [-0.4, -0.2) is 5.91 Å². The molecule has 86 valence electrons. The maximum atomic E-state index is 13.6. The van der Waals surface area contributed by atoms with Crippen LogP contribution in [-0.2, 0) is 0 Å². The van der Waals surface area contributed by atoms with Crippen molar-refractivity contribution < 1.29 is 9.18 Å². The van der Waals surface area contributed by atoms with Gasteiger partial charge < -0.3 is 5.73 Å². The summed E-state index contributed by atoms with van der Waals surface area (Å²) in [5, 5.41) is 0. The lowest BCUT2D eigenvalue weighted by atomic mass is 10.0. The van der Waals surface area contributed by atoms with Crippen LogP contribution in [0.25, 0.3) is 11.1 Å². The molecule has 0 atom stereocenters. The van der Waals surface area contributed by atoms with Crippen LogP contribution >= 0.6 is 0 Å². The first-order chi connectivity index (χ1) is 8.08. The summed E-state index contributed by atoms with van der Waals surface area (Å²) in [6.07, 6.45) is 0. The van der Waals surface area contributed by atoms with Gasteiger partial charge in [-0.25, -0.2) is 4.39 Å². The quantitative estimate of drug-likeness (QED) is 0.845. The van der Waals surface area contributed by atoms with E-state index in [-0.39, 0.29) is 5.56 Å². The van der Waals surface area contributed by atoms with Crippen LogP contribution in [0.3, 0.4) is 0 Å². The Kier molecular flexibility index (Phi) is 2.91. The van der Waals surface area contributed by atoms with Crippen LogP contribution in [0.15, 0.2) is 42.5 Å². The van der Waals surface area contributed by atoms with Gasteiger partial charge in [-0.2, -0.15) is 0 Å². The summed E-state index contributed by atoms with van der Waals surface area (Å²) < 4.78 is 13.6. The molecule has 0 aliphatic rings. The molecule has 0 saturated carbocycles. The molecule has 2 rings (SSSR count). The molecule has 0 heterocycles. The largest absolute Gasteiger partial charge is 0.366 e. The lowest BCUT2D eigenvalue weighted by molar-refractivity contribution is 0.0996. The van der Waals surface area contributed by atoms with Gasteiger partial charge in [0.15, 0.2) is 0 Å². The van der Waals surface area contributed by atoms with Crippen molar-refractivity contribution in [2.24, 2.45) is 5.73 Å². The Hall–Kier alpha value is -2.16. The topological polar surface area (TPSA) is 43.1 Å². The van der Waals surface area contributed by atoms with Gasteiger partial charge in [0.05, 0.1) is 5.56 Å². The average molecular weight is 229 g/mol. The number of nitrogens with two attached hydrogens (primary N) is 1. The van der Waals surface area contributed by atoms with E-state index in [0.29, 0.717) is 0 Å². The van der Waals surface area contributed by atoms with E-state index in [9.17, 15) is 9.18 Å². The summed E-state index contributed by atoms with van der Waals surface area (Å²) in [4.78, 5) is 10.9. The van der Waals surface area contributed by atoms with Crippen molar-refractivity contribution >= 4 is 5.91 Å². The minimum Gasteiger partial charge on any atom is -0.366 e. The van der Waals surface area contributed by atoms with Crippen LogP contribution in [0.2, 0.25) is 0 Å². The highest BCUT2D eigenvalue weighted by Gasteiger charge is 2.09. The predicted molar refractivity (Wildman–Crippen MR) is 65.1 cm³/mol. The molecule has 2 N–H and O–H groups in total. The molecule has 2 nitrogen and oxygen atoms in total. The first kappa shape index (κ1) is 11.3. The van der Waals surface area contributed by atoms with Crippen LogP contribution < -0.4 is 5.73 Å². The molecule has 1 amide bonds. The van der Waals surface area contributed by atoms with E-state index in [2.05, 4.69) is 0 Å². The monoisotopic (exact) mass is 229 g/mol. The summed E-state index contributed by atoms with van der Waals surface area (Å²) in [5.41, 5.74) is 7.74. The standard InChI is InChI=1S/C14H12FNO/c1-9-2-4-10(5-3-9)11-6-7-12(14(16)17)13(15)8-11/h2-8H,1H3,(H2,16,17). The number of rotatable bonds is 2. The summed E-state index contributed by atoms with van der Waals surface area (Å²) in [6, 6.07) is 12.2. The van der Waals surface area contributed by atoms with Gasteiger partial charge in [0.1, 0.15) is 5.82 Å². The summed E-state index contributed by atoms with van der Waals surface area (Å²) in [7, 11) is 0. The van der Waals surface area contributed by atoms with Crippen molar-refractivity contribution in [1.82, 2.24) is 0 Å². The van der Waals surface area contributed by atoms with E-state index in [1.165, 1.54) is 12.1 Å². The van der Waals surface area contributed by atoms with Crippen molar-refractivity contribution in [3.8, 4) is 11.1 Å². The number of hydrogen-bond acceptors (Lipinski definition) is 1. The zero-order valence-corrected chi connectivity index (χ0v) is 9.41. The molecule has 0 bridgehead atoms. The molecule has 2 aromatic carbocycles. The first-order valence-electron chi connectivity index (χ1n) is 5.24. The highest BCUT2D eigenvalue weighted by Crippen LogP contribution is 2.22. The lowest BCUT2D eigenvalue weighted by Gasteiger charge is -2.04. The summed E-state index contributed by atoms with van der Waals surface area (Å²) in [5.74, 6) is -1.34. The van der Waals surface area contributed by atoms with Crippen molar-refractivity contribution in [3.05, 3.63) is 59.4 Å². The Balaban J connectivity index is 2.44. The highest BCUT2D eigenvalue weighted by molar-refractivity contribution is 5.93. The van der Waals surface area contributed by atoms with Crippen molar-refractivity contribution in [1.29, 1.82) is 0 Å². The Morgan fingerprint density at radius 1 is 1.06 bits per heavy atom. The molecular weight excluding hydrogens is 217 g/mol. The fourth-order valence-electron chi connectivity index (χ4n) is 1.64. The molecule has 0 aliphatic carbocycles. The van der Waals surface area contributed by atoms with Crippen LogP contribution in [0.4, 0.5) is 4.39 Å². The zero-order chi connectivity index (χ0) is 12.4. The number of benzene rings is 2. The normalized spacial score (nSPS) is 10.2. The van der Waals surface area contributed by atoms with Gasteiger partial charge in [0.2, 0.25) is 0 Å². The second-order valence-electron chi connectivity index (χ2n) is 3.92. The molecule has 0 fully saturated rings. The average Bonchev–Trinajstić information content (AvgIpc) is 2.29. The van der Waals surface area contributed by atoms with Gasteiger partial charge in [0.25, 0.3) is 5.91 Å². The lowest BCUT2D eigenvalue weighted by Crippen LogP contribution is -2.12. The number of aryl methyl sites for hydroxylation is 1. The number of halogens is 1. The van der Waals surface area contributed by atoms with E-state index >= 15 is 0 Å². The fraction of sp³-hybridized carbons (Fsp3) is 0.0714. The Morgan fingerprint density at radius 2 is 1.65 bits per heavy atom. The SMILES string of the molecule is Cc1ccc(-c2ccc(C(N)=O)c(F)c2)cc1. The fourth-order valence-corrected chi connectivity index (χ4v) is 1.64. The third-order valence-electron chi connectivity index (χ3n) is 2.62. The second kappa shape index (κ2) is 4.37. The van der Waals surface area contributed by atoms with Gasteiger partial charge in [-0.15, -0.1) is 0 Å². The third kappa shape index (κ3) is 2.33. The van der Waals surface area contributed by atoms with Crippen LogP contribution in [0.5, 0.6) is 0 Å². The second-order valence-corrected chi connectivity index (χ2v) is 3.92. The minimum absolute atomic E-state index is 0.0825. The molecule has 0 spiro atoms. The van der Waals surface area contributed by atoms with E-state index < -0.39 is 11.7 Å². The number of amides is 1. The molecule has 0 unspecified atom stereocenters. The molecule has 0 aromatic heterocycles. The molecule has 17 heavy (non-hydrogen) atoms. The minimum atomic E-state index is -0.752. The third-order valence-corrected chi connectivity index (χ3v) is 2.62. The number of carbonyl (C=O) groups is 1. The smallest absolute Gasteiger partial charge is 0.251 e. The summed E-state index contributed by atoms with van der Waals surface area (Å²) >= 11 is 0. The number of carbonyl (C=O) groups excluding carboxylic acids is 1. The zero-order valence-electron chi connectivity index (χ0n) is 9.41. The van der Waals surface area contributed by atoms with E-state index in [0.717, 1.165) is 16.7 Å². The van der Waals surface area contributed by atoms with Crippen LogP contribution in [0.1, 0.15) is 15.9 Å². The molecule has 0 aliphatic heterocycles.